The van der Waals surface area contributed by atoms with Gasteiger partial charge in [-0.1, -0.05) is 0 Å². The molecule has 1 rings (SSSR count). The number of carbonyl (C=O) groups is 1. The number of carbonyl (C=O) groups excluding carboxylic acids is 1. The second-order valence-corrected chi connectivity index (χ2v) is 3.52. The Bertz CT molecular complexity index is 417. The van der Waals surface area contributed by atoms with Gasteiger partial charge in [-0.15, -0.1) is 0 Å². The number of ketones is 1. The predicted octanol–water partition coefficient (Wildman–Crippen LogP) is 2.14. The molecular weight excluding hydrogens is 252 g/mol. The van der Waals surface area contributed by atoms with Crippen LogP contribution in [0.2, 0.25) is 0 Å². The van der Waals surface area contributed by atoms with Crippen LogP contribution in [0, 0.1) is 10.1 Å². The molecule has 0 heterocycles. The Morgan fingerprint density at radius 1 is 1.57 bits per heavy atom. The molecule has 2 N–H and O–H groups in total. The van der Waals surface area contributed by atoms with Crippen LogP contribution in [0.1, 0.15) is 17.3 Å². The molecule has 0 radical (unpaired) electrons. The summed E-state index contributed by atoms with van der Waals surface area (Å²) in [6, 6.07) is 2.69. The molecule has 1 aromatic carbocycles. The minimum absolute atomic E-state index is 0.100. The van der Waals surface area contributed by atoms with E-state index in [1.165, 1.54) is 19.1 Å². The van der Waals surface area contributed by atoms with Crippen LogP contribution in [-0.2, 0) is 0 Å². The topological polar surface area (TPSA) is 86.2 Å². The SMILES string of the molecule is CC(=O)c1c(Br)ccc([N+](=O)[O-])c1N. The molecule has 5 nitrogen and oxygen atoms in total. The zero-order valence-electron chi connectivity index (χ0n) is 7.28. The highest BCUT2D eigenvalue weighted by Gasteiger charge is 2.19. The minimum atomic E-state index is -0.617. The number of nitro groups is 1. The first-order valence-electron chi connectivity index (χ1n) is 3.68. The van der Waals surface area contributed by atoms with Gasteiger partial charge in [0.25, 0.3) is 5.69 Å². The Labute approximate surface area is 88.2 Å². The molecule has 14 heavy (non-hydrogen) atoms. The van der Waals surface area contributed by atoms with Gasteiger partial charge in [0.15, 0.2) is 5.78 Å². The summed E-state index contributed by atoms with van der Waals surface area (Å²) < 4.78 is 0.466. The molecule has 6 heteroatoms. The van der Waals surface area contributed by atoms with Gasteiger partial charge in [0.2, 0.25) is 0 Å². The number of nitro benzene ring substituents is 1. The van der Waals surface area contributed by atoms with E-state index < -0.39 is 4.92 Å². The van der Waals surface area contributed by atoms with Gasteiger partial charge in [-0.25, -0.2) is 0 Å². The molecule has 0 saturated heterocycles. The Hall–Kier alpha value is -1.43. The van der Waals surface area contributed by atoms with Gasteiger partial charge in [-0.05, 0) is 28.9 Å². The third kappa shape index (κ3) is 1.74. The molecule has 0 spiro atoms. The van der Waals surface area contributed by atoms with Gasteiger partial charge in [0.05, 0.1) is 10.5 Å². The number of anilines is 1. The number of hydrogen-bond acceptors (Lipinski definition) is 4. The maximum absolute atomic E-state index is 11.1. The third-order valence-corrected chi connectivity index (χ3v) is 2.38. The summed E-state index contributed by atoms with van der Waals surface area (Å²) in [6.07, 6.45) is 0. The zero-order chi connectivity index (χ0) is 10.9. The highest BCUT2D eigenvalue weighted by atomic mass is 79.9. The number of benzene rings is 1. The van der Waals surface area contributed by atoms with Crippen molar-refractivity contribution in [3.05, 3.63) is 32.3 Å². The van der Waals surface area contributed by atoms with Crippen LogP contribution in [0.25, 0.3) is 0 Å². The number of Topliss-reactive ketones (excluding diaryl/α,β-unsaturated/α-hetero) is 1. The lowest BCUT2D eigenvalue weighted by Gasteiger charge is -2.04. The number of nitrogens with two attached hydrogens (primary N) is 1. The molecule has 74 valence electrons. The van der Waals surface area contributed by atoms with E-state index in [4.69, 9.17) is 5.73 Å². The zero-order valence-corrected chi connectivity index (χ0v) is 8.87. The molecule has 0 aromatic heterocycles. The standard InChI is InChI=1S/C8H7BrN2O3/c1-4(12)7-5(9)2-3-6(8(7)10)11(13)14/h2-3H,10H2,1H3. The summed E-state index contributed by atoms with van der Waals surface area (Å²) in [5, 5.41) is 10.5. The van der Waals surface area contributed by atoms with Gasteiger partial charge < -0.3 is 5.73 Å². The van der Waals surface area contributed by atoms with Crippen molar-refractivity contribution in [2.75, 3.05) is 5.73 Å². The summed E-state index contributed by atoms with van der Waals surface area (Å²) in [4.78, 5) is 21.0. The average Bonchev–Trinajstić information content (AvgIpc) is 2.02. The second-order valence-electron chi connectivity index (χ2n) is 2.67. The number of halogens is 1. The van der Waals surface area contributed by atoms with E-state index in [0.717, 1.165) is 0 Å². The highest BCUT2D eigenvalue weighted by Crippen LogP contribution is 2.31. The maximum Gasteiger partial charge on any atom is 0.292 e. The lowest BCUT2D eigenvalue weighted by atomic mass is 10.1. The normalized spacial score (nSPS) is 9.86. The first-order chi connectivity index (χ1) is 6.45. The van der Waals surface area contributed by atoms with Gasteiger partial charge in [0, 0.05) is 10.5 Å². The lowest BCUT2D eigenvalue weighted by molar-refractivity contribution is -0.383. The summed E-state index contributed by atoms with van der Waals surface area (Å²) in [5.41, 5.74) is 5.29. The summed E-state index contributed by atoms with van der Waals surface area (Å²) >= 11 is 3.11. The largest absolute Gasteiger partial charge is 0.393 e. The van der Waals surface area contributed by atoms with E-state index in [-0.39, 0.29) is 22.7 Å². The van der Waals surface area contributed by atoms with Crippen molar-refractivity contribution in [1.29, 1.82) is 0 Å². The minimum Gasteiger partial charge on any atom is -0.393 e. The summed E-state index contributed by atoms with van der Waals surface area (Å²) in [7, 11) is 0. The first kappa shape index (κ1) is 10.6. The molecular formula is C8H7BrN2O3. The van der Waals surface area contributed by atoms with Gasteiger partial charge >= 0.3 is 0 Å². The van der Waals surface area contributed by atoms with Crippen LogP contribution in [0.5, 0.6) is 0 Å². The highest BCUT2D eigenvalue weighted by molar-refractivity contribution is 9.10. The monoisotopic (exact) mass is 258 g/mol. The molecule has 0 aliphatic carbocycles. The quantitative estimate of drug-likeness (QED) is 0.381. The molecule has 0 unspecified atom stereocenters. The predicted molar refractivity (Wildman–Crippen MR) is 55.2 cm³/mol. The van der Waals surface area contributed by atoms with E-state index in [9.17, 15) is 14.9 Å². The van der Waals surface area contributed by atoms with Crippen LogP contribution >= 0.6 is 15.9 Å². The van der Waals surface area contributed by atoms with Crippen LogP contribution in [0.3, 0.4) is 0 Å². The number of nitrogens with zero attached hydrogens (tertiary/aromatic N) is 1. The van der Waals surface area contributed by atoms with Gasteiger partial charge in [-0.2, -0.15) is 0 Å². The molecule has 0 bridgehead atoms. The van der Waals surface area contributed by atoms with Crippen molar-refractivity contribution in [1.82, 2.24) is 0 Å². The lowest BCUT2D eigenvalue weighted by Crippen LogP contribution is -2.04. The van der Waals surface area contributed by atoms with Crippen molar-refractivity contribution in [2.45, 2.75) is 6.92 Å². The van der Waals surface area contributed by atoms with E-state index in [1.807, 2.05) is 0 Å². The van der Waals surface area contributed by atoms with Crippen LogP contribution in [0.4, 0.5) is 11.4 Å². The summed E-state index contributed by atoms with van der Waals surface area (Å²) in [5.74, 6) is -0.307. The maximum atomic E-state index is 11.1. The fraction of sp³-hybridized carbons (Fsp3) is 0.125. The van der Waals surface area contributed by atoms with E-state index in [1.54, 1.807) is 0 Å². The van der Waals surface area contributed by atoms with Crippen LogP contribution in [-0.4, -0.2) is 10.7 Å². The first-order valence-corrected chi connectivity index (χ1v) is 4.47. The molecule has 0 saturated carbocycles. The van der Waals surface area contributed by atoms with E-state index >= 15 is 0 Å². The molecule has 0 aliphatic heterocycles. The molecule has 0 aliphatic rings. The van der Waals surface area contributed by atoms with Gasteiger partial charge in [0.1, 0.15) is 5.69 Å². The van der Waals surface area contributed by atoms with Crippen LogP contribution < -0.4 is 5.73 Å². The fourth-order valence-electron chi connectivity index (χ4n) is 1.10. The Kier molecular flexibility index (Phi) is 2.85. The Morgan fingerprint density at radius 3 is 2.57 bits per heavy atom. The van der Waals surface area contributed by atoms with Crippen molar-refractivity contribution < 1.29 is 9.72 Å². The van der Waals surface area contributed by atoms with E-state index in [2.05, 4.69) is 15.9 Å². The molecule has 1 aromatic rings. The molecule has 0 atom stereocenters. The smallest absolute Gasteiger partial charge is 0.292 e. The third-order valence-electron chi connectivity index (χ3n) is 1.72. The second kappa shape index (κ2) is 3.75. The molecule has 0 amide bonds. The van der Waals surface area contributed by atoms with Crippen molar-refractivity contribution >= 4 is 33.1 Å². The summed E-state index contributed by atoms with van der Waals surface area (Å²) in [6.45, 7) is 1.31. The Balaban J connectivity index is 3.49. The van der Waals surface area contributed by atoms with Crippen molar-refractivity contribution in [2.24, 2.45) is 0 Å². The number of hydrogen-bond donors (Lipinski definition) is 1. The number of rotatable bonds is 2. The van der Waals surface area contributed by atoms with Crippen molar-refractivity contribution in [3.63, 3.8) is 0 Å². The molecule has 0 fully saturated rings. The Morgan fingerprint density at radius 2 is 2.14 bits per heavy atom. The van der Waals surface area contributed by atoms with Crippen molar-refractivity contribution in [3.8, 4) is 0 Å². The fourth-order valence-corrected chi connectivity index (χ4v) is 1.72. The average molecular weight is 259 g/mol. The number of nitrogen functional groups attached to an aromatic ring is 1. The van der Waals surface area contributed by atoms with E-state index in [0.29, 0.717) is 4.47 Å². The van der Waals surface area contributed by atoms with Gasteiger partial charge in [-0.3, -0.25) is 14.9 Å². The van der Waals surface area contributed by atoms with Crippen LogP contribution in [0.15, 0.2) is 16.6 Å².